The number of carbonyl (C=O) groups is 7. The molecule has 0 radical (unpaired) electrons. The highest BCUT2D eigenvalue weighted by Crippen LogP contribution is 2.43. The van der Waals surface area contributed by atoms with E-state index in [4.69, 9.17) is 20.6 Å². The second-order valence-electron chi connectivity index (χ2n) is 21.4. The summed E-state index contributed by atoms with van der Waals surface area (Å²) < 4.78 is 44.1. The van der Waals surface area contributed by atoms with Crippen molar-refractivity contribution in [3.05, 3.63) is 71.4 Å². The van der Waals surface area contributed by atoms with Crippen LogP contribution in [0.1, 0.15) is 60.0 Å². The van der Waals surface area contributed by atoms with E-state index in [1.807, 2.05) is 50.8 Å². The van der Waals surface area contributed by atoms with Crippen LogP contribution >= 0.6 is 0 Å². The number of aliphatic carboxylic acids is 1. The SMILES string of the molecule is C#C[C@H]1CC(F)(F)CC1C(=O)CNC(=O)c1ccnc2ccc(OCCCCN3CCN(C(=O)CCN/N=C\C(C/C=N/NCN/N=C/c4ccc(C)cc4)NC(=O)CN4CCN(COC=O)CCN(COC=O)CCN(CC(=O)O)CC4)CC3)cc12. The number of unbranched alkanes of at least 4 members (excludes halogenated alkanes) is 1. The van der Waals surface area contributed by atoms with Crippen molar-refractivity contribution in [1.29, 1.82) is 0 Å². The second-order valence-corrected chi connectivity index (χ2v) is 21.4. The van der Waals surface area contributed by atoms with Gasteiger partial charge in [0.25, 0.3) is 18.9 Å². The van der Waals surface area contributed by atoms with Gasteiger partial charge in [0, 0.05) is 147 Å². The number of ether oxygens (including phenoxy) is 3. The smallest absolute Gasteiger partial charge is 0.317 e. The lowest BCUT2D eigenvalue weighted by atomic mass is 9.92. The molecule has 87 heavy (non-hydrogen) atoms. The molecule has 3 atom stereocenters. The summed E-state index contributed by atoms with van der Waals surface area (Å²) in [6.45, 7) is 9.30. The molecule has 2 unspecified atom stereocenters. The molecule has 2 saturated heterocycles. The number of benzene rings is 2. The van der Waals surface area contributed by atoms with Crippen molar-refractivity contribution in [2.45, 2.75) is 57.4 Å². The van der Waals surface area contributed by atoms with Gasteiger partial charge in [-0.3, -0.25) is 73.9 Å². The fourth-order valence-corrected chi connectivity index (χ4v) is 10.1. The number of amides is 3. The molecule has 3 aliphatic rings. The molecule has 28 heteroatoms. The number of aromatic nitrogens is 1. The molecule has 472 valence electrons. The Balaban J connectivity index is 0.937. The van der Waals surface area contributed by atoms with Crippen LogP contribution in [-0.4, -0.2) is 251 Å². The minimum atomic E-state index is -3.02. The maximum Gasteiger partial charge on any atom is 0.317 e. The molecule has 2 aliphatic heterocycles. The number of Topliss-reactive ketones (excluding diaryl/α,β-unsaturated/α-hetero) is 1. The molecule has 0 bridgehead atoms. The molecule has 1 aliphatic carbocycles. The molecule has 3 amide bonds. The Labute approximate surface area is 505 Å². The summed E-state index contributed by atoms with van der Waals surface area (Å²) in [6.07, 6.45) is 12.6. The van der Waals surface area contributed by atoms with E-state index in [2.05, 4.69) is 58.0 Å². The summed E-state index contributed by atoms with van der Waals surface area (Å²) in [5.74, 6) is -4.52. The number of hydrogen-bond donors (Lipinski definition) is 6. The number of piperazine rings is 1. The van der Waals surface area contributed by atoms with Gasteiger partial charge in [0.2, 0.25) is 17.7 Å². The topological polar surface area (TPSA) is 297 Å². The Bertz CT molecular complexity index is 2840. The van der Waals surface area contributed by atoms with Crippen molar-refractivity contribution in [3.63, 3.8) is 0 Å². The Kier molecular flexibility index (Phi) is 28.6. The van der Waals surface area contributed by atoms with E-state index >= 15 is 0 Å². The minimum absolute atomic E-state index is 0.000134. The average Bonchev–Trinajstić information content (AvgIpc) is 2.80. The van der Waals surface area contributed by atoms with Gasteiger partial charge in [0.15, 0.2) is 5.78 Å². The van der Waals surface area contributed by atoms with Crippen molar-refractivity contribution in [3.8, 4) is 18.1 Å². The number of hydrogen-bond acceptors (Lipinski definition) is 22. The normalized spacial score (nSPS) is 18.9. The quantitative estimate of drug-likeness (QED) is 0.0124. The lowest BCUT2D eigenvalue weighted by Gasteiger charge is -2.34. The summed E-state index contributed by atoms with van der Waals surface area (Å²) in [4.78, 5) is 103. The zero-order chi connectivity index (χ0) is 62.2. The molecule has 3 fully saturated rings. The first kappa shape index (κ1) is 67.9. The Morgan fingerprint density at radius 1 is 0.805 bits per heavy atom. The largest absolute Gasteiger partial charge is 0.494 e. The first-order valence-electron chi connectivity index (χ1n) is 29.1. The number of terminal acetylenes is 1. The van der Waals surface area contributed by atoms with Crippen LogP contribution in [0.4, 0.5) is 8.78 Å². The fraction of sp³-hybridized carbons (Fsp3) is 0.542. The standard InChI is InChI=1S/C59H81F2N15O11/c1-3-47-33-59(60,61)34-52(47)54(79)37-63-58(84)50-13-15-62-53-11-10-49(32-51(50)53)87-31-5-4-18-71-27-29-76(30-28-71)56(81)14-17-64-67-36-48(12-16-65-68-40-69-66-35-46-8-6-45(2)7-9-46)70-55(80)38-72-19-20-73(39-57(82)83)22-24-75(42-86-44-78)26-25-74(23-21-72)41-85-43-77/h1,6-11,13,15-16,32,35-36,43-44,47-48,52,64,68-69H,4-5,12,14,17-31,33-34,37-42H2,2H3,(H,63,84)(H,70,80)(H,82,83)/b65-16+,66-35+,67-36-/t47-,48?,52?/m0/s1. The second kappa shape index (κ2) is 36.7. The van der Waals surface area contributed by atoms with Crippen LogP contribution in [0.3, 0.4) is 0 Å². The third kappa shape index (κ3) is 24.6. The molecule has 6 N–H and O–H groups in total. The number of pyridine rings is 1. The van der Waals surface area contributed by atoms with Crippen molar-refractivity contribution < 1.29 is 61.7 Å². The number of rotatable bonds is 33. The zero-order valence-corrected chi connectivity index (χ0v) is 49.2. The summed E-state index contributed by atoms with van der Waals surface area (Å²) in [5, 5.41) is 28.6. The number of carboxylic acid groups (broad SMARTS) is 1. The molecular formula is C59H81F2N15O11. The van der Waals surface area contributed by atoms with Crippen LogP contribution in [0.15, 0.2) is 70.0 Å². The van der Waals surface area contributed by atoms with Crippen LogP contribution in [0.25, 0.3) is 10.9 Å². The third-order valence-electron chi connectivity index (χ3n) is 14.9. The monoisotopic (exact) mass is 1210 g/mol. The van der Waals surface area contributed by atoms with Crippen LogP contribution in [0.2, 0.25) is 0 Å². The van der Waals surface area contributed by atoms with Crippen molar-refractivity contribution in [1.82, 2.24) is 61.3 Å². The number of ketones is 1. The van der Waals surface area contributed by atoms with Crippen molar-refractivity contribution in [2.75, 3.05) is 138 Å². The van der Waals surface area contributed by atoms with Gasteiger partial charge in [-0.15, -0.1) is 12.3 Å². The number of alkyl halides is 2. The van der Waals surface area contributed by atoms with Gasteiger partial charge in [-0.25, -0.2) is 8.78 Å². The molecular weight excluding hydrogens is 1130 g/mol. The lowest BCUT2D eigenvalue weighted by Crippen LogP contribution is -2.50. The van der Waals surface area contributed by atoms with Crippen LogP contribution in [0, 0.1) is 31.1 Å². The number of carboxylic acids is 1. The fourth-order valence-electron chi connectivity index (χ4n) is 10.1. The van der Waals surface area contributed by atoms with E-state index in [1.54, 1.807) is 41.7 Å². The molecule has 3 heterocycles. The van der Waals surface area contributed by atoms with E-state index < -0.39 is 60.8 Å². The number of hydrazone groups is 3. The maximum absolute atomic E-state index is 14.0. The molecule has 1 aromatic heterocycles. The third-order valence-corrected chi connectivity index (χ3v) is 14.9. The summed E-state index contributed by atoms with van der Waals surface area (Å²) in [6, 6.07) is 14.0. The molecule has 6 rings (SSSR count). The van der Waals surface area contributed by atoms with E-state index in [0.717, 1.165) is 30.5 Å². The van der Waals surface area contributed by atoms with Gasteiger partial charge >= 0.3 is 5.97 Å². The van der Waals surface area contributed by atoms with Gasteiger partial charge in [-0.05, 0) is 56.1 Å². The number of fused-ring (bicyclic) bond motifs is 1. The highest BCUT2D eigenvalue weighted by atomic mass is 19.3. The maximum atomic E-state index is 14.0. The van der Waals surface area contributed by atoms with Gasteiger partial charge in [-0.1, -0.05) is 29.8 Å². The number of nitrogens with one attached hydrogen (secondary N) is 5. The number of halogens is 2. The molecule has 2 aromatic carbocycles. The van der Waals surface area contributed by atoms with Gasteiger partial charge in [-0.2, -0.15) is 15.3 Å². The van der Waals surface area contributed by atoms with E-state index in [-0.39, 0.29) is 70.0 Å². The van der Waals surface area contributed by atoms with Gasteiger partial charge < -0.3 is 40.3 Å². The highest BCUT2D eigenvalue weighted by Gasteiger charge is 2.48. The van der Waals surface area contributed by atoms with Crippen LogP contribution in [-0.2, 0) is 38.2 Å². The van der Waals surface area contributed by atoms with E-state index in [0.29, 0.717) is 115 Å². The zero-order valence-electron chi connectivity index (χ0n) is 49.2. The Hall–Kier alpha value is -8.23. The van der Waals surface area contributed by atoms with Crippen LogP contribution in [0.5, 0.6) is 5.75 Å². The highest BCUT2D eigenvalue weighted by molar-refractivity contribution is 6.07. The Morgan fingerprint density at radius 2 is 1.46 bits per heavy atom. The van der Waals surface area contributed by atoms with Gasteiger partial charge in [0.05, 0.1) is 49.6 Å². The summed E-state index contributed by atoms with van der Waals surface area (Å²) in [5.41, 5.74) is 11.6. The number of aryl methyl sites for hydroxylation is 1. The number of carbonyl (C=O) groups excluding carboxylic acids is 6. The van der Waals surface area contributed by atoms with Gasteiger partial charge in [0.1, 0.15) is 25.9 Å². The predicted molar refractivity (Wildman–Crippen MR) is 321 cm³/mol. The van der Waals surface area contributed by atoms with Crippen molar-refractivity contribution in [2.24, 2.45) is 27.1 Å². The summed E-state index contributed by atoms with van der Waals surface area (Å²) in [7, 11) is 0. The molecule has 0 spiro atoms. The summed E-state index contributed by atoms with van der Waals surface area (Å²) >= 11 is 0. The van der Waals surface area contributed by atoms with E-state index in [1.165, 1.54) is 12.3 Å². The van der Waals surface area contributed by atoms with Crippen LogP contribution < -0.4 is 31.6 Å². The number of nitrogens with zero attached hydrogens (tertiary/aromatic N) is 10. The first-order valence-corrected chi connectivity index (χ1v) is 29.1. The minimum Gasteiger partial charge on any atom is -0.494 e. The van der Waals surface area contributed by atoms with Crippen molar-refractivity contribution >= 4 is 72.0 Å². The average molecular weight is 1210 g/mol. The molecule has 3 aromatic rings. The molecule has 1 saturated carbocycles. The lowest BCUT2D eigenvalue weighted by molar-refractivity contribution is -0.139. The molecule has 26 nitrogen and oxygen atoms in total. The predicted octanol–water partition coefficient (Wildman–Crippen LogP) is 1.00. The Morgan fingerprint density at radius 3 is 2.13 bits per heavy atom. The first-order chi connectivity index (χ1) is 42.1. The van der Waals surface area contributed by atoms with E-state index in [9.17, 15) is 47.4 Å².